The van der Waals surface area contributed by atoms with Crippen LogP contribution in [0.2, 0.25) is 5.02 Å². The second kappa shape index (κ2) is 6.45. The lowest BCUT2D eigenvalue weighted by atomic mass is 10.2. The van der Waals surface area contributed by atoms with Gasteiger partial charge < -0.3 is 10.1 Å². The normalized spacial score (nSPS) is 13.3. The Bertz CT molecular complexity index is 829. The molecule has 124 valence electrons. The molecule has 3 rings (SSSR count). The molecule has 2 amide bonds. The fourth-order valence-corrected chi connectivity index (χ4v) is 2.44. The van der Waals surface area contributed by atoms with Crippen molar-refractivity contribution < 1.29 is 23.1 Å². The summed E-state index contributed by atoms with van der Waals surface area (Å²) in [5, 5.41) is 2.67. The van der Waals surface area contributed by atoms with Crippen LogP contribution >= 0.6 is 11.6 Å². The maximum absolute atomic E-state index is 13.6. The standard InChI is InChI=1S/C16H11ClF2N2O3/c17-9-1-4-13-14(5-9)24-8-16(23)21(13)7-15(22)20-12-6-10(18)2-3-11(12)19/h1-6H,7-8H2,(H,20,22). The minimum absolute atomic E-state index is 0.241. The van der Waals surface area contributed by atoms with Crippen molar-refractivity contribution in [2.45, 2.75) is 0 Å². The van der Waals surface area contributed by atoms with E-state index >= 15 is 0 Å². The van der Waals surface area contributed by atoms with Crippen LogP contribution in [0.3, 0.4) is 0 Å². The Hall–Kier alpha value is -2.67. The van der Waals surface area contributed by atoms with Crippen LogP contribution in [0.1, 0.15) is 0 Å². The molecule has 2 aromatic rings. The number of nitrogens with one attached hydrogen (secondary N) is 1. The van der Waals surface area contributed by atoms with Gasteiger partial charge in [-0.15, -0.1) is 0 Å². The molecule has 1 heterocycles. The molecule has 0 aliphatic carbocycles. The lowest BCUT2D eigenvalue weighted by Crippen LogP contribution is -2.43. The van der Waals surface area contributed by atoms with Crippen LogP contribution in [0.25, 0.3) is 0 Å². The Kier molecular flexibility index (Phi) is 4.35. The molecule has 0 unspecified atom stereocenters. The van der Waals surface area contributed by atoms with E-state index in [1.165, 1.54) is 11.0 Å². The summed E-state index contributed by atoms with van der Waals surface area (Å²) >= 11 is 5.87. The number of fused-ring (bicyclic) bond motifs is 1. The maximum Gasteiger partial charge on any atom is 0.265 e. The van der Waals surface area contributed by atoms with Crippen LogP contribution < -0.4 is 15.0 Å². The van der Waals surface area contributed by atoms with E-state index < -0.39 is 23.4 Å². The Labute approximate surface area is 140 Å². The van der Waals surface area contributed by atoms with E-state index in [9.17, 15) is 18.4 Å². The van der Waals surface area contributed by atoms with Gasteiger partial charge in [0, 0.05) is 17.2 Å². The molecular weight excluding hydrogens is 342 g/mol. The minimum atomic E-state index is -0.773. The van der Waals surface area contributed by atoms with E-state index in [1.807, 2.05) is 0 Å². The number of hydrogen-bond donors (Lipinski definition) is 1. The summed E-state index contributed by atoms with van der Waals surface area (Å²) in [5.41, 5.74) is 0.0857. The van der Waals surface area contributed by atoms with Gasteiger partial charge in [-0.25, -0.2) is 8.78 Å². The monoisotopic (exact) mass is 352 g/mol. The molecule has 0 spiro atoms. The molecular formula is C16H11ClF2N2O3. The lowest BCUT2D eigenvalue weighted by molar-refractivity contribution is -0.123. The van der Waals surface area contributed by atoms with E-state index in [0.717, 1.165) is 18.2 Å². The average Bonchev–Trinajstić information content (AvgIpc) is 2.53. The van der Waals surface area contributed by atoms with Crippen LogP contribution in [0.5, 0.6) is 5.75 Å². The number of anilines is 2. The highest BCUT2D eigenvalue weighted by Gasteiger charge is 2.27. The van der Waals surface area contributed by atoms with Crippen molar-refractivity contribution >= 4 is 34.8 Å². The highest BCUT2D eigenvalue weighted by Crippen LogP contribution is 2.34. The van der Waals surface area contributed by atoms with E-state index in [1.54, 1.807) is 12.1 Å². The van der Waals surface area contributed by atoms with Crippen molar-refractivity contribution in [1.82, 2.24) is 0 Å². The van der Waals surface area contributed by atoms with Crippen molar-refractivity contribution in [3.63, 3.8) is 0 Å². The largest absolute Gasteiger partial charge is 0.482 e. The number of hydrogen-bond acceptors (Lipinski definition) is 3. The molecule has 0 atom stereocenters. The number of carbonyl (C=O) groups is 2. The predicted octanol–water partition coefficient (Wildman–Crippen LogP) is 2.98. The van der Waals surface area contributed by atoms with Crippen molar-refractivity contribution in [2.24, 2.45) is 0 Å². The van der Waals surface area contributed by atoms with Crippen LogP contribution in [-0.4, -0.2) is 25.0 Å². The molecule has 1 N–H and O–H groups in total. The van der Waals surface area contributed by atoms with Gasteiger partial charge in [-0.3, -0.25) is 14.5 Å². The molecule has 0 fully saturated rings. The molecule has 0 radical (unpaired) electrons. The summed E-state index contributed by atoms with van der Waals surface area (Å²) in [4.78, 5) is 25.3. The zero-order valence-corrected chi connectivity index (χ0v) is 12.9. The summed E-state index contributed by atoms with van der Waals surface area (Å²) in [7, 11) is 0. The molecule has 0 bridgehead atoms. The van der Waals surface area contributed by atoms with Crippen LogP contribution in [0.4, 0.5) is 20.2 Å². The molecule has 24 heavy (non-hydrogen) atoms. The number of nitrogens with zero attached hydrogens (tertiary/aromatic N) is 1. The number of carbonyl (C=O) groups excluding carboxylic acids is 2. The highest BCUT2D eigenvalue weighted by atomic mass is 35.5. The van der Waals surface area contributed by atoms with E-state index in [4.69, 9.17) is 16.3 Å². The minimum Gasteiger partial charge on any atom is -0.482 e. The van der Waals surface area contributed by atoms with Crippen LogP contribution in [0.15, 0.2) is 36.4 Å². The summed E-state index contributed by atoms with van der Waals surface area (Å²) in [6.07, 6.45) is 0. The van der Waals surface area contributed by atoms with Gasteiger partial charge in [-0.2, -0.15) is 0 Å². The first-order valence-electron chi connectivity index (χ1n) is 6.91. The average molecular weight is 353 g/mol. The van der Waals surface area contributed by atoms with Crippen molar-refractivity contribution in [3.05, 3.63) is 53.1 Å². The maximum atomic E-state index is 13.6. The quantitative estimate of drug-likeness (QED) is 0.924. The fourth-order valence-electron chi connectivity index (χ4n) is 2.28. The van der Waals surface area contributed by atoms with Gasteiger partial charge in [0.15, 0.2) is 6.61 Å². The van der Waals surface area contributed by atoms with Gasteiger partial charge in [0.25, 0.3) is 5.91 Å². The summed E-state index contributed by atoms with van der Waals surface area (Å²) in [5.74, 6) is -2.19. The molecule has 0 aromatic heterocycles. The zero-order chi connectivity index (χ0) is 17.3. The number of halogens is 3. The van der Waals surface area contributed by atoms with Gasteiger partial charge in [0.05, 0.1) is 11.4 Å². The predicted molar refractivity (Wildman–Crippen MR) is 84.3 cm³/mol. The lowest BCUT2D eigenvalue weighted by Gasteiger charge is -2.28. The van der Waals surface area contributed by atoms with Crippen LogP contribution in [-0.2, 0) is 9.59 Å². The molecule has 5 nitrogen and oxygen atoms in total. The van der Waals surface area contributed by atoms with Crippen LogP contribution in [0, 0.1) is 11.6 Å². The topological polar surface area (TPSA) is 58.6 Å². The molecule has 0 saturated carbocycles. The molecule has 0 saturated heterocycles. The molecule has 1 aliphatic rings. The van der Waals surface area contributed by atoms with Gasteiger partial charge in [0.1, 0.15) is 23.9 Å². The highest BCUT2D eigenvalue weighted by molar-refractivity contribution is 6.31. The van der Waals surface area contributed by atoms with Gasteiger partial charge in [-0.05, 0) is 24.3 Å². The zero-order valence-electron chi connectivity index (χ0n) is 12.2. The third-order valence-corrected chi connectivity index (χ3v) is 3.60. The summed E-state index contributed by atoms with van der Waals surface area (Å²) in [6.45, 7) is -0.609. The third kappa shape index (κ3) is 3.30. The first-order chi connectivity index (χ1) is 11.4. The molecule has 1 aliphatic heterocycles. The van der Waals surface area contributed by atoms with Crippen molar-refractivity contribution in [1.29, 1.82) is 0 Å². The second-order valence-electron chi connectivity index (χ2n) is 5.05. The number of amides is 2. The first-order valence-corrected chi connectivity index (χ1v) is 7.29. The Morgan fingerprint density at radius 1 is 1.25 bits per heavy atom. The van der Waals surface area contributed by atoms with E-state index in [2.05, 4.69) is 5.32 Å². The SMILES string of the molecule is O=C(CN1C(=O)COc2cc(Cl)ccc21)Nc1cc(F)ccc1F. The molecule has 2 aromatic carbocycles. The van der Waals surface area contributed by atoms with Gasteiger partial charge in [0.2, 0.25) is 5.91 Å². The first kappa shape index (κ1) is 16.2. The second-order valence-corrected chi connectivity index (χ2v) is 5.49. The van der Waals surface area contributed by atoms with Crippen molar-refractivity contribution in [2.75, 3.05) is 23.4 Å². The fraction of sp³-hybridized carbons (Fsp3) is 0.125. The Morgan fingerprint density at radius 3 is 2.83 bits per heavy atom. The van der Waals surface area contributed by atoms with Gasteiger partial charge in [-0.1, -0.05) is 11.6 Å². The Balaban J connectivity index is 1.79. The molecule has 8 heteroatoms. The van der Waals surface area contributed by atoms with E-state index in [0.29, 0.717) is 16.5 Å². The number of ether oxygens (including phenoxy) is 1. The third-order valence-electron chi connectivity index (χ3n) is 3.37. The Morgan fingerprint density at radius 2 is 2.04 bits per heavy atom. The smallest absolute Gasteiger partial charge is 0.265 e. The van der Waals surface area contributed by atoms with E-state index in [-0.39, 0.29) is 18.8 Å². The van der Waals surface area contributed by atoms with Gasteiger partial charge >= 0.3 is 0 Å². The van der Waals surface area contributed by atoms with Crippen molar-refractivity contribution in [3.8, 4) is 5.75 Å². The summed E-state index contributed by atoms with van der Waals surface area (Å²) in [6, 6.07) is 7.34. The summed E-state index contributed by atoms with van der Waals surface area (Å²) < 4.78 is 32.0. The number of benzene rings is 2. The number of rotatable bonds is 3.